The maximum atomic E-state index is 12.2. The number of hydrogen-bond donors (Lipinski definition) is 1. The lowest BCUT2D eigenvalue weighted by Gasteiger charge is -2.16. The van der Waals surface area contributed by atoms with Gasteiger partial charge in [-0.1, -0.05) is 31.5 Å². The van der Waals surface area contributed by atoms with Crippen LogP contribution in [0.3, 0.4) is 0 Å². The summed E-state index contributed by atoms with van der Waals surface area (Å²) in [5, 5.41) is 2.84. The third kappa shape index (κ3) is 3.13. The Kier molecular flexibility index (Phi) is 4.55. The van der Waals surface area contributed by atoms with E-state index in [2.05, 4.69) is 12.2 Å². The Balaban J connectivity index is 1.96. The average molecular weight is 260 g/mol. The molecular weight excluding hydrogens is 240 g/mol. The first-order valence-corrected chi connectivity index (χ1v) is 6.88. The zero-order valence-corrected chi connectivity index (χ0v) is 11.3. The van der Waals surface area contributed by atoms with Crippen LogP contribution in [-0.2, 0) is 9.59 Å². The summed E-state index contributed by atoms with van der Waals surface area (Å²) in [6, 6.07) is 9.51. The van der Waals surface area contributed by atoms with E-state index in [1.54, 1.807) is 4.90 Å². The zero-order chi connectivity index (χ0) is 13.7. The van der Waals surface area contributed by atoms with Crippen LogP contribution >= 0.6 is 0 Å². The predicted octanol–water partition coefficient (Wildman–Crippen LogP) is 1.96. The molecule has 0 aliphatic carbocycles. The van der Waals surface area contributed by atoms with Gasteiger partial charge in [0.15, 0.2) is 0 Å². The second-order valence-electron chi connectivity index (χ2n) is 4.81. The van der Waals surface area contributed by atoms with Gasteiger partial charge in [0.1, 0.15) is 5.92 Å². The molecule has 4 heteroatoms. The molecule has 0 aromatic heterocycles. The lowest BCUT2D eigenvalue weighted by molar-refractivity contribution is -0.132. The van der Waals surface area contributed by atoms with Gasteiger partial charge in [0.2, 0.25) is 11.8 Å². The lowest BCUT2D eigenvalue weighted by atomic mass is 10.1. The van der Waals surface area contributed by atoms with E-state index in [1.807, 2.05) is 30.3 Å². The average Bonchev–Trinajstić information content (AvgIpc) is 2.82. The highest BCUT2D eigenvalue weighted by Gasteiger charge is 2.37. The Bertz CT molecular complexity index is 445. The van der Waals surface area contributed by atoms with Gasteiger partial charge in [0, 0.05) is 18.8 Å². The Labute approximate surface area is 113 Å². The van der Waals surface area contributed by atoms with Gasteiger partial charge in [-0.15, -0.1) is 0 Å². The van der Waals surface area contributed by atoms with E-state index < -0.39 is 5.92 Å². The number of nitrogens with zero attached hydrogens (tertiary/aromatic N) is 1. The fourth-order valence-electron chi connectivity index (χ4n) is 2.30. The Morgan fingerprint density at radius 3 is 2.79 bits per heavy atom. The molecule has 0 spiro atoms. The first-order chi connectivity index (χ1) is 9.24. The molecule has 19 heavy (non-hydrogen) atoms. The van der Waals surface area contributed by atoms with Gasteiger partial charge in [0.25, 0.3) is 0 Å². The van der Waals surface area contributed by atoms with Crippen LogP contribution < -0.4 is 10.2 Å². The number of amides is 2. The highest BCUT2D eigenvalue weighted by molar-refractivity contribution is 6.09. The normalized spacial score (nSPS) is 18.7. The molecule has 1 fully saturated rings. The maximum Gasteiger partial charge on any atom is 0.239 e. The molecule has 1 saturated heterocycles. The van der Waals surface area contributed by atoms with Crippen LogP contribution in [0.5, 0.6) is 0 Å². The summed E-state index contributed by atoms with van der Waals surface area (Å²) >= 11 is 0. The maximum absolute atomic E-state index is 12.2. The molecule has 1 aliphatic rings. The van der Waals surface area contributed by atoms with Crippen LogP contribution in [0.2, 0.25) is 0 Å². The highest BCUT2D eigenvalue weighted by atomic mass is 16.2. The largest absolute Gasteiger partial charge is 0.355 e. The number of hydrogen-bond acceptors (Lipinski definition) is 2. The number of anilines is 1. The fourth-order valence-corrected chi connectivity index (χ4v) is 2.30. The minimum absolute atomic E-state index is 0.0831. The molecule has 0 radical (unpaired) electrons. The third-order valence-electron chi connectivity index (χ3n) is 3.42. The van der Waals surface area contributed by atoms with Gasteiger partial charge < -0.3 is 10.2 Å². The summed E-state index contributed by atoms with van der Waals surface area (Å²) < 4.78 is 0. The molecule has 1 N–H and O–H groups in total. The minimum Gasteiger partial charge on any atom is -0.355 e. The van der Waals surface area contributed by atoms with E-state index in [1.165, 1.54) is 0 Å². The quantitative estimate of drug-likeness (QED) is 0.650. The van der Waals surface area contributed by atoms with Gasteiger partial charge in [-0.2, -0.15) is 0 Å². The van der Waals surface area contributed by atoms with Crippen molar-refractivity contribution in [3.8, 4) is 0 Å². The standard InChI is InChI=1S/C15H20N2O2/c1-2-3-10-16-14(18)13-9-11-17(15(13)19)12-7-5-4-6-8-12/h4-8,13H,2-3,9-11H2,1H3,(H,16,18). The topological polar surface area (TPSA) is 49.4 Å². The minimum atomic E-state index is -0.517. The molecule has 4 nitrogen and oxygen atoms in total. The summed E-state index contributed by atoms with van der Waals surface area (Å²) in [6.45, 7) is 3.35. The number of carbonyl (C=O) groups excluding carboxylic acids is 2. The summed E-state index contributed by atoms with van der Waals surface area (Å²) in [5.41, 5.74) is 0.872. The van der Waals surface area contributed by atoms with Crippen molar-refractivity contribution in [1.82, 2.24) is 5.32 Å². The van der Waals surface area contributed by atoms with E-state index in [0.717, 1.165) is 18.5 Å². The van der Waals surface area contributed by atoms with Crippen molar-refractivity contribution in [3.63, 3.8) is 0 Å². The smallest absolute Gasteiger partial charge is 0.239 e. The zero-order valence-electron chi connectivity index (χ0n) is 11.3. The van der Waals surface area contributed by atoms with Crippen molar-refractivity contribution in [2.24, 2.45) is 5.92 Å². The number of rotatable bonds is 5. The summed E-state index contributed by atoms with van der Waals surface area (Å²) in [6.07, 6.45) is 2.59. The predicted molar refractivity (Wildman–Crippen MR) is 74.8 cm³/mol. The molecule has 0 saturated carbocycles. The van der Waals surface area contributed by atoms with Crippen molar-refractivity contribution >= 4 is 17.5 Å². The molecule has 0 bridgehead atoms. The molecule has 1 aliphatic heterocycles. The summed E-state index contributed by atoms with van der Waals surface area (Å²) in [5.74, 6) is -0.728. The van der Waals surface area contributed by atoms with Gasteiger partial charge >= 0.3 is 0 Å². The number of para-hydroxylation sites is 1. The SMILES string of the molecule is CCCCNC(=O)C1CCN(c2ccccc2)C1=O. The number of unbranched alkanes of at least 4 members (excludes halogenated alkanes) is 1. The van der Waals surface area contributed by atoms with E-state index in [9.17, 15) is 9.59 Å². The monoisotopic (exact) mass is 260 g/mol. The molecule has 102 valence electrons. The lowest BCUT2D eigenvalue weighted by Crippen LogP contribution is -2.37. The van der Waals surface area contributed by atoms with Crippen molar-refractivity contribution in [2.75, 3.05) is 18.0 Å². The molecule has 1 unspecified atom stereocenters. The Hall–Kier alpha value is -1.84. The number of carbonyl (C=O) groups is 2. The van der Waals surface area contributed by atoms with Gasteiger partial charge in [0.05, 0.1) is 0 Å². The van der Waals surface area contributed by atoms with Crippen molar-refractivity contribution < 1.29 is 9.59 Å². The Morgan fingerprint density at radius 2 is 2.11 bits per heavy atom. The van der Waals surface area contributed by atoms with Gasteiger partial charge in [-0.3, -0.25) is 9.59 Å². The first-order valence-electron chi connectivity index (χ1n) is 6.88. The summed E-state index contributed by atoms with van der Waals surface area (Å²) in [4.78, 5) is 25.9. The second kappa shape index (κ2) is 6.36. The van der Waals surface area contributed by atoms with Crippen molar-refractivity contribution in [2.45, 2.75) is 26.2 Å². The van der Waals surface area contributed by atoms with Crippen LogP contribution in [0.1, 0.15) is 26.2 Å². The molecule has 2 amide bonds. The molecular formula is C15H20N2O2. The van der Waals surface area contributed by atoms with Crippen LogP contribution in [0.25, 0.3) is 0 Å². The molecule has 1 atom stereocenters. The van der Waals surface area contributed by atoms with Gasteiger partial charge in [-0.05, 0) is 25.0 Å². The third-order valence-corrected chi connectivity index (χ3v) is 3.42. The highest BCUT2D eigenvalue weighted by Crippen LogP contribution is 2.24. The van der Waals surface area contributed by atoms with E-state index in [4.69, 9.17) is 0 Å². The number of nitrogens with one attached hydrogen (secondary N) is 1. The molecule has 1 heterocycles. The molecule has 2 rings (SSSR count). The fraction of sp³-hybridized carbons (Fsp3) is 0.467. The van der Waals surface area contributed by atoms with Crippen LogP contribution in [0.15, 0.2) is 30.3 Å². The Morgan fingerprint density at radius 1 is 1.37 bits per heavy atom. The van der Waals surface area contributed by atoms with Crippen molar-refractivity contribution in [3.05, 3.63) is 30.3 Å². The van der Waals surface area contributed by atoms with Crippen LogP contribution in [0.4, 0.5) is 5.69 Å². The summed E-state index contributed by atoms with van der Waals surface area (Å²) in [7, 11) is 0. The van der Waals surface area contributed by atoms with Crippen molar-refractivity contribution in [1.29, 1.82) is 0 Å². The first kappa shape index (κ1) is 13.6. The number of benzene rings is 1. The van der Waals surface area contributed by atoms with Crippen LogP contribution in [0, 0.1) is 5.92 Å². The van der Waals surface area contributed by atoms with Crippen LogP contribution in [-0.4, -0.2) is 24.9 Å². The van der Waals surface area contributed by atoms with E-state index in [-0.39, 0.29) is 11.8 Å². The van der Waals surface area contributed by atoms with Gasteiger partial charge in [-0.25, -0.2) is 0 Å². The van der Waals surface area contributed by atoms with E-state index >= 15 is 0 Å². The second-order valence-corrected chi connectivity index (χ2v) is 4.81. The molecule has 1 aromatic carbocycles. The van der Waals surface area contributed by atoms with E-state index in [0.29, 0.717) is 19.5 Å². The molecule has 1 aromatic rings.